The van der Waals surface area contributed by atoms with Crippen molar-refractivity contribution in [3.63, 3.8) is 0 Å². The van der Waals surface area contributed by atoms with Crippen molar-refractivity contribution in [3.05, 3.63) is 59.7 Å². The fraction of sp³-hybridized carbons (Fsp3) is 0.318. The summed E-state index contributed by atoms with van der Waals surface area (Å²) >= 11 is 0. The van der Waals surface area contributed by atoms with E-state index in [0.717, 1.165) is 5.56 Å². The van der Waals surface area contributed by atoms with Gasteiger partial charge in [-0.2, -0.15) is 0 Å². The Labute approximate surface area is 170 Å². The molecule has 0 aliphatic heterocycles. The summed E-state index contributed by atoms with van der Waals surface area (Å²) in [6, 6.07) is 13.5. The number of esters is 1. The molecule has 0 radical (unpaired) electrons. The Balaban J connectivity index is 1.81. The number of primary amides is 1. The maximum absolute atomic E-state index is 12.1. The number of ether oxygens (including phenoxy) is 2. The second-order valence-corrected chi connectivity index (χ2v) is 7.63. The molecule has 3 N–H and O–H groups in total. The second-order valence-electron chi connectivity index (χ2n) is 7.63. The number of carbonyl (C=O) groups is 3. The molecule has 2 aromatic carbocycles. The van der Waals surface area contributed by atoms with Crippen molar-refractivity contribution in [1.29, 1.82) is 0 Å². The lowest BCUT2D eigenvalue weighted by molar-refractivity contribution is -0.153. The van der Waals surface area contributed by atoms with Crippen molar-refractivity contribution in [1.82, 2.24) is 0 Å². The molecule has 29 heavy (non-hydrogen) atoms. The van der Waals surface area contributed by atoms with E-state index in [1.807, 2.05) is 12.1 Å². The molecule has 0 saturated heterocycles. The first-order valence-corrected chi connectivity index (χ1v) is 9.20. The van der Waals surface area contributed by atoms with Gasteiger partial charge in [-0.15, -0.1) is 0 Å². The predicted molar refractivity (Wildman–Crippen MR) is 110 cm³/mol. The molecule has 0 unspecified atom stereocenters. The average Bonchev–Trinajstić information content (AvgIpc) is 2.66. The first kappa shape index (κ1) is 21.9. The summed E-state index contributed by atoms with van der Waals surface area (Å²) in [5.74, 6) is -1.17. The molecule has 1 atom stereocenters. The summed E-state index contributed by atoms with van der Waals surface area (Å²) in [6.45, 7) is 7.44. The molecule has 0 fully saturated rings. The summed E-state index contributed by atoms with van der Waals surface area (Å²) in [7, 11) is 0. The van der Waals surface area contributed by atoms with Crippen molar-refractivity contribution < 1.29 is 23.9 Å². The number of rotatable bonds is 7. The molecule has 2 aromatic rings. The van der Waals surface area contributed by atoms with Gasteiger partial charge < -0.3 is 20.5 Å². The standard InChI is InChI=1S/C22H26N2O5/c1-14(29-18-11-7-16(8-12-18)22(2,3)4)21(27)28-13-19(25)24-17-9-5-15(6-10-17)20(23)26/h5-12,14H,13H2,1-4H3,(H2,23,26)(H,24,25)/t14-/m0/s1. The number of nitrogens with one attached hydrogen (secondary N) is 1. The van der Waals surface area contributed by atoms with Crippen LogP contribution in [0.15, 0.2) is 48.5 Å². The number of hydrogen-bond donors (Lipinski definition) is 2. The predicted octanol–water partition coefficient (Wildman–Crippen LogP) is 3.03. The zero-order valence-electron chi connectivity index (χ0n) is 17.0. The van der Waals surface area contributed by atoms with Crippen molar-refractivity contribution in [2.45, 2.75) is 39.2 Å². The summed E-state index contributed by atoms with van der Waals surface area (Å²) in [5, 5.41) is 2.56. The largest absolute Gasteiger partial charge is 0.479 e. The maximum atomic E-state index is 12.1. The van der Waals surface area contributed by atoms with Gasteiger partial charge in [0.1, 0.15) is 5.75 Å². The van der Waals surface area contributed by atoms with E-state index in [9.17, 15) is 14.4 Å². The minimum atomic E-state index is -0.863. The van der Waals surface area contributed by atoms with Crippen LogP contribution in [0.2, 0.25) is 0 Å². The lowest BCUT2D eigenvalue weighted by atomic mass is 9.87. The van der Waals surface area contributed by atoms with Gasteiger partial charge in [0.25, 0.3) is 5.91 Å². The summed E-state index contributed by atoms with van der Waals surface area (Å²) in [5.41, 5.74) is 7.13. The van der Waals surface area contributed by atoms with Crippen molar-refractivity contribution >= 4 is 23.5 Å². The molecule has 2 rings (SSSR count). The number of carbonyl (C=O) groups excluding carboxylic acids is 3. The molecule has 0 heterocycles. The molecule has 0 spiro atoms. The lowest BCUT2D eigenvalue weighted by Gasteiger charge is -2.20. The normalized spacial score (nSPS) is 12.0. The Morgan fingerprint density at radius 3 is 2.10 bits per heavy atom. The monoisotopic (exact) mass is 398 g/mol. The van der Waals surface area contributed by atoms with Gasteiger partial charge in [-0.3, -0.25) is 9.59 Å². The van der Waals surface area contributed by atoms with Crippen LogP contribution in [-0.4, -0.2) is 30.5 Å². The van der Waals surface area contributed by atoms with Crippen LogP contribution in [0.5, 0.6) is 5.75 Å². The van der Waals surface area contributed by atoms with E-state index in [4.69, 9.17) is 15.2 Å². The number of benzene rings is 2. The van der Waals surface area contributed by atoms with Crippen molar-refractivity contribution in [3.8, 4) is 5.75 Å². The van der Waals surface area contributed by atoms with Crippen LogP contribution in [0.3, 0.4) is 0 Å². The van der Waals surface area contributed by atoms with E-state index < -0.39 is 30.5 Å². The Morgan fingerprint density at radius 1 is 1.00 bits per heavy atom. The Hall–Kier alpha value is -3.35. The topological polar surface area (TPSA) is 108 Å². The van der Waals surface area contributed by atoms with Gasteiger partial charge in [-0.25, -0.2) is 4.79 Å². The van der Waals surface area contributed by atoms with Gasteiger partial charge in [0.05, 0.1) is 0 Å². The van der Waals surface area contributed by atoms with Crippen LogP contribution in [-0.2, 0) is 19.7 Å². The Kier molecular flexibility index (Phi) is 6.98. The van der Waals surface area contributed by atoms with Gasteiger partial charge in [0, 0.05) is 11.3 Å². The molecule has 2 amide bonds. The van der Waals surface area contributed by atoms with Crippen LogP contribution < -0.4 is 15.8 Å². The summed E-state index contributed by atoms with van der Waals surface area (Å²) < 4.78 is 10.6. The first-order chi connectivity index (χ1) is 13.6. The van der Waals surface area contributed by atoms with Crippen LogP contribution in [0.25, 0.3) is 0 Å². The fourth-order valence-electron chi connectivity index (χ4n) is 2.45. The van der Waals surface area contributed by atoms with Crippen LogP contribution in [0.4, 0.5) is 5.69 Å². The third-order valence-corrected chi connectivity index (χ3v) is 4.16. The second kappa shape index (κ2) is 9.23. The third kappa shape index (κ3) is 6.64. The summed E-state index contributed by atoms with van der Waals surface area (Å²) in [4.78, 5) is 35.0. The number of anilines is 1. The first-order valence-electron chi connectivity index (χ1n) is 9.20. The number of hydrogen-bond acceptors (Lipinski definition) is 5. The Bertz CT molecular complexity index is 868. The van der Waals surface area contributed by atoms with E-state index in [0.29, 0.717) is 17.0 Å². The molecule has 0 saturated carbocycles. The molecular formula is C22H26N2O5. The van der Waals surface area contributed by atoms with Gasteiger partial charge in [0.2, 0.25) is 5.91 Å². The van der Waals surface area contributed by atoms with Crippen molar-refractivity contribution in [2.75, 3.05) is 11.9 Å². The minimum Gasteiger partial charge on any atom is -0.479 e. The van der Waals surface area contributed by atoms with E-state index in [1.54, 1.807) is 19.1 Å². The molecule has 0 aliphatic rings. The van der Waals surface area contributed by atoms with Gasteiger partial charge >= 0.3 is 5.97 Å². The average molecular weight is 398 g/mol. The SMILES string of the molecule is C[C@H](Oc1ccc(C(C)(C)C)cc1)C(=O)OCC(=O)Nc1ccc(C(N)=O)cc1. The minimum absolute atomic E-state index is 0.0244. The van der Waals surface area contributed by atoms with Gasteiger partial charge in [-0.05, 0) is 54.3 Å². The smallest absolute Gasteiger partial charge is 0.347 e. The molecule has 7 nitrogen and oxygen atoms in total. The molecule has 7 heteroatoms. The van der Waals surface area contributed by atoms with E-state index >= 15 is 0 Å². The van der Waals surface area contributed by atoms with E-state index in [1.165, 1.54) is 24.3 Å². The van der Waals surface area contributed by atoms with Crippen LogP contribution in [0.1, 0.15) is 43.6 Å². The zero-order chi connectivity index (χ0) is 21.6. The number of amides is 2. The van der Waals surface area contributed by atoms with E-state index in [2.05, 4.69) is 26.1 Å². The van der Waals surface area contributed by atoms with E-state index in [-0.39, 0.29) is 5.41 Å². The highest BCUT2D eigenvalue weighted by Gasteiger charge is 2.19. The quantitative estimate of drug-likeness (QED) is 0.697. The molecule has 0 bridgehead atoms. The van der Waals surface area contributed by atoms with Gasteiger partial charge in [0.15, 0.2) is 12.7 Å². The number of nitrogens with two attached hydrogens (primary N) is 1. The highest BCUT2D eigenvalue weighted by molar-refractivity contribution is 5.95. The highest BCUT2D eigenvalue weighted by Crippen LogP contribution is 2.24. The fourth-order valence-corrected chi connectivity index (χ4v) is 2.45. The maximum Gasteiger partial charge on any atom is 0.347 e. The third-order valence-electron chi connectivity index (χ3n) is 4.16. The molecule has 0 aromatic heterocycles. The zero-order valence-corrected chi connectivity index (χ0v) is 17.0. The van der Waals surface area contributed by atoms with Gasteiger partial charge in [-0.1, -0.05) is 32.9 Å². The lowest BCUT2D eigenvalue weighted by Crippen LogP contribution is -2.29. The molecular weight excluding hydrogens is 372 g/mol. The Morgan fingerprint density at radius 2 is 1.59 bits per heavy atom. The van der Waals surface area contributed by atoms with Crippen LogP contribution in [0, 0.1) is 0 Å². The molecule has 0 aliphatic carbocycles. The summed E-state index contributed by atoms with van der Waals surface area (Å²) in [6.07, 6.45) is -0.863. The molecule has 154 valence electrons. The van der Waals surface area contributed by atoms with Crippen LogP contribution >= 0.6 is 0 Å². The van der Waals surface area contributed by atoms with Crippen molar-refractivity contribution in [2.24, 2.45) is 5.73 Å². The highest BCUT2D eigenvalue weighted by atomic mass is 16.6.